The summed E-state index contributed by atoms with van der Waals surface area (Å²) in [6, 6.07) is 10.3. The molecule has 0 saturated carbocycles. The fraction of sp³-hybridized carbons (Fsp3) is 0.118. The van der Waals surface area contributed by atoms with Crippen LogP contribution in [-0.2, 0) is 14.8 Å². The van der Waals surface area contributed by atoms with Gasteiger partial charge in [-0.3, -0.25) is 30.0 Å². The number of halogens is 1. The van der Waals surface area contributed by atoms with Crippen molar-refractivity contribution < 1.29 is 22.8 Å². The molecule has 0 saturated heterocycles. The van der Waals surface area contributed by atoms with Crippen molar-refractivity contribution in [3.8, 4) is 0 Å². The van der Waals surface area contributed by atoms with E-state index in [0.29, 0.717) is 0 Å². The van der Waals surface area contributed by atoms with E-state index in [4.69, 9.17) is 11.6 Å². The van der Waals surface area contributed by atoms with E-state index in [-0.39, 0.29) is 33.4 Å². The van der Waals surface area contributed by atoms with Crippen molar-refractivity contribution >= 4 is 50.7 Å². The van der Waals surface area contributed by atoms with Crippen LogP contribution in [0, 0.1) is 0 Å². The fourth-order valence-electron chi connectivity index (χ4n) is 2.20. The summed E-state index contributed by atoms with van der Waals surface area (Å²) in [7, 11) is -3.67. The molecule has 2 aromatic carbocycles. The molecule has 0 unspecified atom stereocenters. The van der Waals surface area contributed by atoms with E-state index in [9.17, 15) is 22.8 Å². The predicted molar refractivity (Wildman–Crippen MR) is 106 cm³/mol. The van der Waals surface area contributed by atoms with Crippen molar-refractivity contribution in [3.63, 3.8) is 0 Å². The van der Waals surface area contributed by atoms with Crippen molar-refractivity contribution in [1.82, 2.24) is 10.9 Å². The molecular weight excluding hydrogens is 408 g/mol. The van der Waals surface area contributed by atoms with Crippen LogP contribution in [0.3, 0.4) is 0 Å². The monoisotopic (exact) mass is 424 g/mol. The van der Waals surface area contributed by atoms with Crippen molar-refractivity contribution in [1.29, 1.82) is 0 Å². The number of hydrazine groups is 1. The summed E-state index contributed by atoms with van der Waals surface area (Å²) in [5.41, 5.74) is 4.66. The number of amides is 3. The lowest BCUT2D eigenvalue weighted by atomic mass is 10.1. The van der Waals surface area contributed by atoms with E-state index in [2.05, 4.69) is 20.9 Å². The van der Waals surface area contributed by atoms with E-state index >= 15 is 0 Å². The summed E-state index contributed by atoms with van der Waals surface area (Å²) < 4.78 is 25.3. The molecule has 0 aromatic heterocycles. The number of benzene rings is 2. The summed E-state index contributed by atoms with van der Waals surface area (Å²) in [6.07, 6.45) is 0.926. The van der Waals surface area contributed by atoms with E-state index in [1.165, 1.54) is 37.3 Å². The van der Waals surface area contributed by atoms with Gasteiger partial charge < -0.3 is 5.32 Å². The normalized spacial score (nSPS) is 10.7. The Balaban J connectivity index is 2.25. The van der Waals surface area contributed by atoms with Crippen molar-refractivity contribution in [2.24, 2.45) is 0 Å². The Labute approximate surface area is 166 Å². The Morgan fingerprint density at radius 1 is 0.929 bits per heavy atom. The molecule has 0 aliphatic carbocycles. The molecule has 2 rings (SSSR count). The number of carbonyl (C=O) groups excluding carboxylic acids is 3. The van der Waals surface area contributed by atoms with Gasteiger partial charge in [-0.2, -0.15) is 0 Å². The first-order valence-electron chi connectivity index (χ1n) is 7.81. The molecule has 0 bridgehead atoms. The molecule has 0 aliphatic heterocycles. The van der Waals surface area contributed by atoms with E-state index in [1.807, 2.05) is 0 Å². The maximum atomic E-state index is 12.5. The molecule has 0 aliphatic rings. The molecule has 148 valence electrons. The molecule has 2 aromatic rings. The first-order chi connectivity index (χ1) is 13.1. The van der Waals surface area contributed by atoms with Gasteiger partial charge in [0.2, 0.25) is 15.9 Å². The highest BCUT2D eigenvalue weighted by molar-refractivity contribution is 7.92. The van der Waals surface area contributed by atoms with Crippen LogP contribution in [0.4, 0.5) is 11.4 Å². The topological polar surface area (TPSA) is 133 Å². The Morgan fingerprint density at radius 3 is 2.11 bits per heavy atom. The molecule has 3 amide bonds. The van der Waals surface area contributed by atoms with E-state index in [1.54, 1.807) is 12.1 Å². The molecule has 28 heavy (non-hydrogen) atoms. The number of nitrogens with one attached hydrogen (secondary N) is 4. The minimum absolute atomic E-state index is 0.0268. The van der Waals surface area contributed by atoms with E-state index < -0.39 is 21.8 Å². The number of hydrogen-bond acceptors (Lipinski definition) is 5. The predicted octanol–water partition coefficient (Wildman–Crippen LogP) is 1.74. The Hall–Kier alpha value is -3.11. The van der Waals surface area contributed by atoms with Crippen LogP contribution in [-0.4, -0.2) is 32.4 Å². The second-order valence-electron chi connectivity index (χ2n) is 5.70. The van der Waals surface area contributed by atoms with Crippen LogP contribution < -0.4 is 20.9 Å². The zero-order valence-electron chi connectivity index (χ0n) is 14.9. The van der Waals surface area contributed by atoms with Gasteiger partial charge in [0.25, 0.3) is 11.8 Å². The zero-order valence-corrected chi connectivity index (χ0v) is 16.4. The molecule has 9 nitrogen and oxygen atoms in total. The smallest absolute Gasteiger partial charge is 0.271 e. The minimum atomic E-state index is -3.67. The van der Waals surface area contributed by atoms with Crippen LogP contribution in [0.1, 0.15) is 27.6 Å². The second kappa shape index (κ2) is 8.72. The van der Waals surface area contributed by atoms with Gasteiger partial charge in [-0.05, 0) is 30.3 Å². The van der Waals surface area contributed by atoms with Gasteiger partial charge in [0.1, 0.15) is 0 Å². The summed E-state index contributed by atoms with van der Waals surface area (Å²) in [4.78, 5) is 35.9. The Morgan fingerprint density at radius 2 is 1.54 bits per heavy atom. The maximum Gasteiger partial charge on any atom is 0.271 e. The van der Waals surface area contributed by atoms with Gasteiger partial charge in [0, 0.05) is 12.6 Å². The van der Waals surface area contributed by atoms with Crippen molar-refractivity contribution in [2.45, 2.75) is 6.92 Å². The number of hydrogen-bond donors (Lipinski definition) is 4. The summed E-state index contributed by atoms with van der Waals surface area (Å²) >= 11 is 5.93. The van der Waals surface area contributed by atoms with Gasteiger partial charge in [0.05, 0.1) is 28.1 Å². The Bertz CT molecular complexity index is 1040. The quantitative estimate of drug-likeness (QED) is 0.542. The van der Waals surface area contributed by atoms with Gasteiger partial charge in [-0.1, -0.05) is 23.7 Å². The maximum absolute atomic E-state index is 12.5. The molecular formula is C17H17ClN4O5S. The van der Waals surface area contributed by atoms with E-state index in [0.717, 1.165) is 6.26 Å². The lowest BCUT2D eigenvalue weighted by molar-refractivity contribution is -0.114. The molecule has 0 spiro atoms. The lowest BCUT2D eigenvalue weighted by Gasteiger charge is -2.14. The number of anilines is 2. The van der Waals surface area contributed by atoms with Crippen LogP contribution in [0.5, 0.6) is 0 Å². The van der Waals surface area contributed by atoms with Crippen LogP contribution in [0.15, 0.2) is 42.5 Å². The standard InChI is InChI=1S/C17H17ClN4O5S/c1-10(23)19-11-7-8-15(22-28(2,26)27)13(9-11)17(25)21-20-16(24)12-5-3-4-6-14(12)18/h3-9,22H,1-2H3,(H,19,23)(H,20,24)(H,21,25). The summed E-state index contributed by atoms with van der Waals surface area (Å²) in [5.74, 6) is -1.84. The summed E-state index contributed by atoms with van der Waals surface area (Å²) in [5, 5.41) is 2.68. The average molecular weight is 425 g/mol. The first-order valence-corrected chi connectivity index (χ1v) is 10.1. The first kappa shape index (κ1) is 21.2. The molecule has 11 heteroatoms. The highest BCUT2D eigenvalue weighted by Gasteiger charge is 2.17. The van der Waals surface area contributed by atoms with Gasteiger partial charge in [-0.15, -0.1) is 0 Å². The van der Waals surface area contributed by atoms with Crippen LogP contribution in [0.2, 0.25) is 5.02 Å². The van der Waals surface area contributed by atoms with Gasteiger partial charge in [-0.25, -0.2) is 8.42 Å². The lowest BCUT2D eigenvalue weighted by Crippen LogP contribution is -2.42. The van der Waals surface area contributed by atoms with Crippen LogP contribution in [0.25, 0.3) is 0 Å². The third kappa shape index (κ3) is 5.96. The third-order valence-corrected chi connectivity index (χ3v) is 4.21. The SMILES string of the molecule is CC(=O)Nc1ccc(NS(C)(=O)=O)c(C(=O)NNC(=O)c2ccccc2Cl)c1. The zero-order chi connectivity index (χ0) is 20.9. The van der Waals surface area contributed by atoms with Crippen LogP contribution >= 0.6 is 11.6 Å². The third-order valence-electron chi connectivity index (χ3n) is 3.29. The highest BCUT2D eigenvalue weighted by Crippen LogP contribution is 2.22. The highest BCUT2D eigenvalue weighted by atomic mass is 35.5. The van der Waals surface area contributed by atoms with Gasteiger partial charge >= 0.3 is 0 Å². The Kier molecular flexibility index (Phi) is 6.60. The number of carbonyl (C=O) groups is 3. The fourth-order valence-corrected chi connectivity index (χ4v) is 2.99. The second-order valence-corrected chi connectivity index (χ2v) is 7.86. The number of sulfonamides is 1. The van der Waals surface area contributed by atoms with Gasteiger partial charge in [0.15, 0.2) is 0 Å². The van der Waals surface area contributed by atoms with Crippen molar-refractivity contribution in [2.75, 3.05) is 16.3 Å². The average Bonchev–Trinajstić information content (AvgIpc) is 2.59. The molecule has 0 heterocycles. The summed E-state index contributed by atoms with van der Waals surface area (Å²) in [6.45, 7) is 1.28. The largest absolute Gasteiger partial charge is 0.326 e. The molecule has 0 atom stereocenters. The molecule has 0 fully saturated rings. The molecule has 0 radical (unpaired) electrons. The molecule has 4 N–H and O–H groups in total. The number of rotatable bonds is 5. The van der Waals surface area contributed by atoms with Crippen molar-refractivity contribution in [3.05, 3.63) is 58.6 Å². The minimum Gasteiger partial charge on any atom is -0.326 e.